The van der Waals surface area contributed by atoms with Gasteiger partial charge in [0.05, 0.1) is 5.69 Å². The number of hydrogen-bond acceptors (Lipinski definition) is 5. The van der Waals surface area contributed by atoms with Gasteiger partial charge in [0.1, 0.15) is 6.10 Å². The second-order valence-corrected chi connectivity index (χ2v) is 7.55. The van der Waals surface area contributed by atoms with Gasteiger partial charge in [-0.05, 0) is 31.0 Å². The van der Waals surface area contributed by atoms with Crippen LogP contribution in [0.5, 0.6) is 5.75 Å². The number of rotatable bonds is 4. The van der Waals surface area contributed by atoms with Crippen molar-refractivity contribution in [3.8, 4) is 17.0 Å². The molecule has 1 fully saturated rings. The molecule has 2 aliphatic rings. The molecule has 3 N–H and O–H groups in total. The van der Waals surface area contributed by atoms with E-state index in [0.29, 0.717) is 11.6 Å². The monoisotopic (exact) mass is 361 g/mol. The number of fused-ring (bicyclic) bond motifs is 2. The molecule has 0 amide bonds. The Balaban J connectivity index is 1.44. The van der Waals surface area contributed by atoms with Gasteiger partial charge in [-0.2, -0.15) is 5.10 Å². The van der Waals surface area contributed by atoms with Crippen LogP contribution < -0.4 is 15.8 Å². The molecule has 6 nitrogen and oxygen atoms in total. The third-order valence-electron chi connectivity index (χ3n) is 5.80. The Kier molecular flexibility index (Phi) is 3.68. The highest BCUT2D eigenvalue weighted by atomic mass is 16.5. The van der Waals surface area contributed by atoms with Crippen LogP contribution in [0.15, 0.2) is 48.7 Å². The molecule has 4 heterocycles. The van der Waals surface area contributed by atoms with Crippen LogP contribution in [-0.4, -0.2) is 27.9 Å². The number of hydrogen-bond donors (Lipinski definition) is 2. The molecule has 27 heavy (non-hydrogen) atoms. The lowest BCUT2D eigenvalue weighted by atomic mass is 9.77. The zero-order valence-corrected chi connectivity index (χ0v) is 15.4. The normalized spacial score (nSPS) is 18.1. The van der Waals surface area contributed by atoms with Crippen LogP contribution in [0.4, 0.5) is 5.82 Å². The number of anilines is 1. The van der Waals surface area contributed by atoms with E-state index in [2.05, 4.69) is 21.0 Å². The molecule has 138 valence electrons. The minimum Gasteiger partial charge on any atom is -0.482 e. The van der Waals surface area contributed by atoms with Crippen LogP contribution in [-0.2, 0) is 12.0 Å². The van der Waals surface area contributed by atoms with E-state index in [1.165, 1.54) is 12.1 Å². The molecule has 0 aliphatic carbocycles. The Morgan fingerprint density at radius 2 is 2.04 bits per heavy atom. The zero-order chi connectivity index (χ0) is 18.4. The van der Waals surface area contributed by atoms with Crippen molar-refractivity contribution in [2.75, 3.05) is 18.8 Å². The summed E-state index contributed by atoms with van der Waals surface area (Å²) in [5, 5.41) is 8.20. The summed E-state index contributed by atoms with van der Waals surface area (Å²) in [6, 6.07) is 14.2. The van der Waals surface area contributed by atoms with Gasteiger partial charge in [0.25, 0.3) is 0 Å². The van der Waals surface area contributed by atoms with E-state index in [9.17, 15) is 0 Å². The smallest absolute Gasteiger partial charge is 0.166 e. The molecule has 0 radical (unpaired) electrons. The van der Waals surface area contributed by atoms with Crippen LogP contribution in [0.25, 0.3) is 11.3 Å². The van der Waals surface area contributed by atoms with Gasteiger partial charge in [0.2, 0.25) is 0 Å². The number of aryl methyl sites for hydroxylation is 1. The summed E-state index contributed by atoms with van der Waals surface area (Å²) in [6.45, 7) is 5.08. The highest BCUT2D eigenvalue weighted by Gasteiger charge is 2.45. The number of nitrogens with two attached hydrogens (primary N) is 1. The number of nitrogen functional groups attached to an aromatic ring is 1. The lowest BCUT2D eigenvalue weighted by Gasteiger charge is -2.38. The molecule has 1 atom stereocenters. The van der Waals surface area contributed by atoms with Crippen molar-refractivity contribution in [3.63, 3.8) is 0 Å². The minimum absolute atomic E-state index is 0.109. The molecule has 2 aromatic heterocycles. The van der Waals surface area contributed by atoms with Crippen LogP contribution in [0.2, 0.25) is 0 Å². The van der Waals surface area contributed by atoms with Gasteiger partial charge in [-0.15, -0.1) is 0 Å². The molecule has 0 unspecified atom stereocenters. The van der Waals surface area contributed by atoms with Gasteiger partial charge in [-0.1, -0.05) is 30.3 Å². The zero-order valence-electron chi connectivity index (χ0n) is 15.4. The fourth-order valence-electron chi connectivity index (χ4n) is 4.06. The maximum absolute atomic E-state index is 6.11. The van der Waals surface area contributed by atoms with Gasteiger partial charge >= 0.3 is 0 Å². The molecular weight excluding hydrogens is 338 g/mol. The first kappa shape index (κ1) is 16.3. The Bertz CT molecular complexity index is 977. The summed E-state index contributed by atoms with van der Waals surface area (Å²) in [6.07, 6.45) is 2.84. The molecule has 1 spiro atoms. The lowest BCUT2D eigenvalue weighted by Crippen LogP contribution is -2.55. The molecule has 0 bridgehead atoms. The van der Waals surface area contributed by atoms with Crippen molar-refractivity contribution < 1.29 is 4.74 Å². The molecule has 1 saturated heterocycles. The maximum atomic E-state index is 6.11. The summed E-state index contributed by atoms with van der Waals surface area (Å²) < 4.78 is 8.25. The number of benzene rings is 1. The number of nitrogens with one attached hydrogen (secondary N) is 1. The summed E-state index contributed by atoms with van der Waals surface area (Å²) in [5.74, 6) is 0.991. The number of pyridine rings is 1. The Morgan fingerprint density at radius 3 is 2.78 bits per heavy atom. The van der Waals surface area contributed by atoms with Crippen molar-refractivity contribution in [1.29, 1.82) is 0 Å². The highest BCUT2D eigenvalue weighted by Crippen LogP contribution is 2.40. The van der Waals surface area contributed by atoms with E-state index in [4.69, 9.17) is 15.6 Å². The van der Waals surface area contributed by atoms with Crippen molar-refractivity contribution in [3.05, 3.63) is 59.9 Å². The van der Waals surface area contributed by atoms with Gasteiger partial charge in [-0.3, -0.25) is 4.68 Å². The van der Waals surface area contributed by atoms with E-state index in [-0.39, 0.29) is 11.5 Å². The van der Waals surface area contributed by atoms with E-state index < -0.39 is 0 Å². The third kappa shape index (κ3) is 2.68. The second-order valence-electron chi connectivity index (χ2n) is 7.55. The van der Waals surface area contributed by atoms with E-state index in [1.807, 2.05) is 43.3 Å². The molecule has 5 rings (SSSR count). The topological polar surface area (TPSA) is 78.0 Å². The first-order valence-electron chi connectivity index (χ1n) is 9.41. The standard InChI is InChI=1S/C21H23N5O/c1-14(15-5-3-2-4-6-15)27-18-9-16(11-24-20(18)22)17-10-19-21(12-23-13-21)7-8-26(19)25-17/h2-6,9-11,14,23H,7-8,12-13H2,1H3,(H2,22,24)/t14-/m1/s1. The van der Waals surface area contributed by atoms with Gasteiger partial charge in [-0.25, -0.2) is 4.98 Å². The SMILES string of the molecule is C[C@@H](Oc1cc(-c2cc3n(n2)CCC32CNC2)cnc1N)c1ccccc1. The first-order chi connectivity index (χ1) is 13.1. The average Bonchev–Trinajstić information content (AvgIpc) is 3.22. The summed E-state index contributed by atoms with van der Waals surface area (Å²) in [4.78, 5) is 4.35. The van der Waals surface area contributed by atoms with E-state index >= 15 is 0 Å². The van der Waals surface area contributed by atoms with Crippen LogP contribution >= 0.6 is 0 Å². The maximum Gasteiger partial charge on any atom is 0.166 e. The number of nitrogens with zero attached hydrogens (tertiary/aromatic N) is 3. The molecule has 2 aliphatic heterocycles. The molecule has 6 heteroatoms. The quantitative estimate of drug-likeness (QED) is 0.747. The fraction of sp³-hybridized carbons (Fsp3) is 0.333. The van der Waals surface area contributed by atoms with Crippen LogP contribution in [0, 0.1) is 0 Å². The molecular formula is C21H23N5O. The third-order valence-corrected chi connectivity index (χ3v) is 5.80. The van der Waals surface area contributed by atoms with Crippen LogP contribution in [0.1, 0.15) is 30.7 Å². The number of ether oxygens (including phenoxy) is 1. The second kappa shape index (κ2) is 6.09. The molecule has 3 aromatic rings. The van der Waals surface area contributed by atoms with Gasteiger partial charge in [0.15, 0.2) is 11.6 Å². The molecule has 0 saturated carbocycles. The van der Waals surface area contributed by atoms with Crippen LogP contribution in [0.3, 0.4) is 0 Å². The Labute approximate surface area is 158 Å². The van der Waals surface area contributed by atoms with Gasteiger partial charge < -0.3 is 15.8 Å². The number of aromatic nitrogens is 3. The lowest BCUT2D eigenvalue weighted by molar-refractivity contribution is 0.227. The van der Waals surface area contributed by atoms with Gasteiger partial charge in [0, 0.05) is 42.5 Å². The fourth-order valence-corrected chi connectivity index (χ4v) is 4.06. The van der Waals surface area contributed by atoms with Crippen molar-refractivity contribution in [1.82, 2.24) is 20.1 Å². The highest BCUT2D eigenvalue weighted by molar-refractivity contribution is 5.65. The van der Waals surface area contributed by atoms with E-state index in [0.717, 1.165) is 36.5 Å². The minimum atomic E-state index is -0.109. The largest absolute Gasteiger partial charge is 0.482 e. The summed E-state index contributed by atoms with van der Waals surface area (Å²) >= 11 is 0. The first-order valence-corrected chi connectivity index (χ1v) is 9.41. The summed E-state index contributed by atoms with van der Waals surface area (Å²) in [5.41, 5.74) is 10.6. The average molecular weight is 361 g/mol. The van der Waals surface area contributed by atoms with E-state index in [1.54, 1.807) is 6.20 Å². The van der Waals surface area contributed by atoms with Crippen molar-refractivity contribution in [2.45, 2.75) is 31.4 Å². The Morgan fingerprint density at radius 1 is 1.22 bits per heavy atom. The predicted octanol–water partition coefficient (Wildman–Crippen LogP) is 2.91. The predicted molar refractivity (Wildman–Crippen MR) is 105 cm³/mol. The summed E-state index contributed by atoms with van der Waals surface area (Å²) in [7, 11) is 0. The Hall–Kier alpha value is -2.86. The van der Waals surface area contributed by atoms with Crippen molar-refractivity contribution >= 4 is 5.82 Å². The van der Waals surface area contributed by atoms with Crippen molar-refractivity contribution in [2.24, 2.45) is 0 Å². The molecule has 1 aromatic carbocycles.